The van der Waals surface area contributed by atoms with E-state index in [2.05, 4.69) is 41.9 Å². The molecule has 2 rings (SSSR count). The first-order valence-corrected chi connectivity index (χ1v) is 8.62. The van der Waals surface area contributed by atoms with Gasteiger partial charge in [-0.1, -0.05) is 30.3 Å². The molecule has 0 atom stereocenters. The standard InChI is InChI=1S/C16H19NOS.C2H2O4/c1-18-16-6-4-3-5-14(16)12-17-11-13-7-9-15(19-2)10-8-13;3-1(4)2(5)6/h3-10,17H,11-12H2,1-2H3;(H,3,4)(H,5,6). The Morgan fingerprint density at radius 3 is 2.12 bits per heavy atom. The molecule has 0 aliphatic heterocycles. The van der Waals surface area contributed by atoms with E-state index in [1.54, 1.807) is 18.9 Å². The van der Waals surface area contributed by atoms with Crippen molar-refractivity contribution in [3.63, 3.8) is 0 Å². The van der Waals surface area contributed by atoms with Gasteiger partial charge in [0.1, 0.15) is 5.75 Å². The first-order chi connectivity index (χ1) is 12.0. The zero-order chi connectivity index (χ0) is 18.7. The number of carboxylic acids is 2. The van der Waals surface area contributed by atoms with Crippen molar-refractivity contribution in [1.29, 1.82) is 0 Å². The maximum Gasteiger partial charge on any atom is 0.414 e. The average molecular weight is 363 g/mol. The Hall–Kier alpha value is -2.51. The Labute approximate surface area is 150 Å². The molecule has 0 saturated carbocycles. The first kappa shape index (κ1) is 20.5. The van der Waals surface area contributed by atoms with E-state index in [9.17, 15) is 0 Å². The molecule has 134 valence electrons. The van der Waals surface area contributed by atoms with Crippen molar-refractivity contribution in [2.24, 2.45) is 0 Å². The number of nitrogens with one attached hydrogen (secondary N) is 1. The third-order valence-electron chi connectivity index (χ3n) is 3.18. The number of thioether (sulfide) groups is 1. The molecule has 0 aliphatic rings. The SMILES string of the molecule is COc1ccccc1CNCc1ccc(SC)cc1.O=C(O)C(=O)O. The highest BCUT2D eigenvalue weighted by molar-refractivity contribution is 7.98. The second-order valence-corrected chi connectivity index (χ2v) is 5.75. The van der Waals surface area contributed by atoms with Gasteiger partial charge in [0.05, 0.1) is 7.11 Å². The molecule has 7 heteroatoms. The van der Waals surface area contributed by atoms with E-state index in [4.69, 9.17) is 24.5 Å². The second-order valence-electron chi connectivity index (χ2n) is 4.87. The van der Waals surface area contributed by atoms with Crippen molar-refractivity contribution in [2.75, 3.05) is 13.4 Å². The molecule has 2 aromatic carbocycles. The lowest BCUT2D eigenvalue weighted by molar-refractivity contribution is -0.159. The molecule has 0 saturated heterocycles. The van der Waals surface area contributed by atoms with E-state index in [1.165, 1.54) is 16.0 Å². The van der Waals surface area contributed by atoms with Crippen LogP contribution in [0.15, 0.2) is 53.4 Å². The van der Waals surface area contributed by atoms with Gasteiger partial charge in [0, 0.05) is 23.5 Å². The molecule has 2 aromatic rings. The van der Waals surface area contributed by atoms with Crippen molar-refractivity contribution in [2.45, 2.75) is 18.0 Å². The summed E-state index contributed by atoms with van der Waals surface area (Å²) < 4.78 is 5.34. The number of methoxy groups -OCH3 is 1. The van der Waals surface area contributed by atoms with Crippen LogP contribution in [0, 0.1) is 0 Å². The van der Waals surface area contributed by atoms with Gasteiger partial charge in [-0.2, -0.15) is 0 Å². The van der Waals surface area contributed by atoms with Crippen LogP contribution in [0.25, 0.3) is 0 Å². The lowest BCUT2D eigenvalue weighted by Gasteiger charge is -2.09. The zero-order valence-electron chi connectivity index (χ0n) is 14.1. The van der Waals surface area contributed by atoms with E-state index in [1.807, 2.05) is 18.2 Å². The predicted octanol–water partition coefficient (Wildman–Crippen LogP) is 2.86. The monoisotopic (exact) mass is 363 g/mol. The summed E-state index contributed by atoms with van der Waals surface area (Å²) in [4.78, 5) is 19.5. The number of hydrogen-bond donors (Lipinski definition) is 3. The van der Waals surface area contributed by atoms with Crippen LogP contribution in [0.5, 0.6) is 5.75 Å². The van der Waals surface area contributed by atoms with E-state index in [0.717, 1.165) is 18.8 Å². The minimum Gasteiger partial charge on any atom is -0.496 e. The minimum absolute atomic E-state index is 0.814. The third kappa shape index (κ3) is 7.73. The summed E-state index contributed by atoms with van der Waals surface area (Å²) in [7, 11) is 1.71. The van der Waals surface area contributed by atoms with E-state index < -0.39 is 11.9 Å². The van der Waals surface area contributed by atoms with Gasteiger partial charge in [-0.3, -0.25) is 0 Å². The maximum atomic E-state index is 9.10. The van der Waals surface area contributed by atoms with Crippen molar-refractivity contribution < 1.29 is 24.5 Å². The molecule has 0 bridgehead atoms. The van der Waals surface area contributed by atoms with Crippen LogP contribution in [0.1, 0.15) is 11.1 Å². The lowest BCUT2D eigenvalue weighted by Crippen LogP contribution is -2.13. The quantitative estimate of drug-likeness (QED) is 0.536. The molecule has 25 heavy (non-hydrogen) atoms. The molecule has 3 N–H and O–H groups in total. The van der Waals surface area contributed by atoms with E-state index in [0.29, 0.717) is 0 Å². The van der Waals surface area contributed by atoms with Gasteiger partial charge in [0.25, 0.3) is 0 Å². The fourth-order valence-electron chi connectivity index (χ4n) is 1.93. The molecule has 0 radical (unpaired) electrons. The highest BCUT2D eigenvalue weighted by atomic mass is 32.2. The number of benzene rings is 2. The molecule has 0 aromatic heterocycles. The number of ether oxygens (including phenoxy) is 1. The summed E-state index contributed by atoms with van der Waals surface area (Å²) in [5.41, 5.74) is 2.48. The van der Waals surface area contributed by atoms with Gasteiger partial charge in [0.15, 0.2) is 0 Å². The van der Waals surface area contributed by atoms with Crippen molar-refractivity contribution >= 4 is 23.7 Å². The van der Waals surface area contributed by atoms with Crippen LogP contribution in [0.4, 0.5) is 0 Å². The molecule has 0 aliphatic carbocycles. The summed E-state index contributed by atoms with van der Waals surface area (Å²) in [6, 6.07) is 16.8. The van der Waals surface area contributed by atoms with E-state index >= 15 is 0 Å². The van der Waals surface area contributed by atoms with Crippen LogP contribution in [0.3, 0.4) is 0 Å². The maximum absolute atomic E-state index is 9.10. The summed E-state index contributed by atoms with van der Waals surface area (Å²) in [5.74, 6) is -2.71. The molecule has 6 nitrogen and oxygen atoms in total. The largest absolute Gasteiger partial charge is 0.496 e. The number of hydrogen-bond acceptors (Lipinski definition) is 5. The smallest absolute Gasteiger partial charge is 0.414 e. The minimum atomic E-state index is -1.82. The Morgan fingerprint density at radius 2 is 1.60 bits per heavy atom. The number of carboxylic acid groups (broad SMARTS) is 2. The van der Waals surface area contributed by atoms with Crippen LogP contribution in [-0.2, 0) is 22.7 Å². The Balaban J connectivity index is 0.000000450. The van der Waals surface area contributed by atoms with Gasteiger partial charge in [-0.25, -0.2) is 9.59 Å². The predicted molar refractivity (Wildman–Crippen MR) is 97.0 cm³/mol. The molecule has 0 heterocycles. The average Bonchev–Trinajstić information content (AvgIpc) is 2.63. The second kappa shape index (κ2) is 11.1. The molecule has 0 amide bonds. The number of para-hydroxylation sites is 1. The normalized spacial score (nSPS) is 9.68. The number of aliphatic carboxylic acids is 2. The van der Waals surface area contributed by atoms with Gasteiger partial charge in [-0.15, -0.1) is 11.8 Å². The molecule has 0 unspecified atom stereocenters. The van der Waals surface area contributed by atoms with Crippen molar-refractivity contribution in [3.8, 4) is 5.75 Å². The first-order valence-electron chi connectivity index (χ1n) is 7.39. The van der Waals surface area contributed by atoms with Crippen molar-refractivity contribution in [3.05, 3.63) is 59.7 Å². The third-order valence-corrected chi connectivity index (χ3v) is 3.92. The number of carbonyl (C=O) groups is 2. The number of rotatable bonds is 6. The van der Waals surface area contributed by atoms with Crippen LogP contribution in [-0.4, -0.2) is 35.5 Å². The van der Waals surface area contributed by atoms with Crippen LogP contribution in [0.2, 0.25) is 0 Å². The highest BCUT2D eigenvalue weighted by Crippen LogP contribution is 2.17. The van der Waals surface area contributed by atoms with Gasteiger partial charge >= 0.3 is 11.9 Å². The zero-order valence-corrected chi connectivity index (χ0v) is 14.9. The van der Waals surface area contributed by atoms with E-state index in [-0.39, 0.29) is 0 Å². The summed E-state index contributed by atoms with van der Waals surface area (Å²) in [6.45, 7) is 1.68. The summed E-state index contributed by atoms with van der Waals surface area (Å²) in [5, 5.41) is 18.2. The fraction of sp³-hybridized carbons (Fsp3) is 0.222. The Morgan fingerprint density at radius 1 is 1.00 bits per heavy atom. The molecular weight excluding hydrogens is 342 g/mol. The molecular formula is C18H21NO5S. The Kier molecular flexibility index (Phi) is 9.13. The van der Waals surface area contributed by atoms with Gasteiger partial charge in [0.2, 0.25) is 0 Å². The molecule has 0 spiro atoms. The highest BCUT2D eigenvalue weighted by Gasteiger charge is 2.04. The lowest BCUT2D eigenvalue weighted by atomic mass is 10.2. The molecule has 0 fully saturated rings. The Bertz CT molecular complexity index is 676. The van der Waals surface area contributed by atoms with Gasteiger partial charge < -0.3 is 20.3 Å². The van der Waals surface area contributed by atoms with Gasteiger partial charge in [-0.05, 0) is 30.0 Å². The fourth-order valence-corrected chi connectivity index (χ4v) is 2.34. The summed E-state index contributed by atoms with van der Waals surface area (Å²) >= 11 is 1.77. The van der Waals surface area contributed by atoms with Crippen LogP contribution >= 0.6 is 11.8 Å². The topological polar surface area (TPSA) is 95.9 Å². The summed E-state index contributed by atoms with van der Waals surface area (Å²) in [6.07, 6.45) is 2.09. The van der Waals surface area contributed by atoms with Crippen LogP contribution < -0.4 is 10.1 Å². The van der Waals surface area contributed by atoms with Crippen molar-refractivity contribution in [1.82, 2.24) is 5.32 Å².